The van der Waals surface area contributed by atoms with Crippen molar-refractivity contribution in [3.8, 4) is 17.2 Å². The minimum absolute atomic E-state index is 0.0357. The minimum Gasteiger partial charge on any atom is -0.493 e. The standard InChI is InChI=1S/C34H33N3O6S/c1-4-43-29-13-9-8-12-27(29)36-32(38)22-44-26-17-15-25(16-18-26)35-34(40)28(37-33(39)24-10-6-5-7-11-24)20-23-14-19-30(41-2)31(21-23)42-3/h5-21H,4,22H2,1-3H3,(H,35,40)(H,36,38)(H,37,39)/b28-20-. The molecule has 44 heavy (non-hydrogen) atoms. The van der Waals surface area contributed by atoms with Gasteiger partial charge in [0.2, 0.25) is 5.91 Å². The molecular formula is C34H33N3O6S. The van der Waals surface area contributed by atoms with Crippen molar-refractivity contribution >= 4 is 46.9 Å². The molecule has 3 N–H and O–H groups in total. The molecule has 0 aliphatic heterocycles. The fraction of sp³-hybridized carbons (Fsp3) is 0.147. The second-order valence-electron chi connectivity index (χ2n) is 9.24. The summed E-state index contributed by atoms with van der Waals surface area (Å²) in [7, 11) is 3.06. The van der Waals surface area contributed by atoms with Gasteiger partial charge in [-0.15, -0.1) is 11.8 Å². The average Bonchev–Trinajstić information content (AvgIpc) is 3.05. The highest BCUT2D eigenvalue weighted by atomic mass is 32.2. The molecule has 9 nitrogen and oxygen atoms in total. The van der Waals surface area contributed by atoms with Crippen LogP contribution in [-0.4, -0.2) is 44.3 Å². The van der Waals surface area contributed by atoms with E-state index in [0.29, 0.717) is 46.4 Å². The van der Waals surface area contributed by atoms with Gasteiger partial charge in [-0.1, -0.05) is 36.4 Å². The number of benzene rings is 4. The molecule has 0 unspecified atom stereocenters. The Bertz CT molecular complexity index is 1620. The van der Waals surface area contributed by atoms with E-state index >= 15 is 0 Å². The Hall–Kier alpha value is -5.22. The second-order valence-corrected chi connectivity index (χ2v) is 10.3. The van der Waals surface area contributed by atoms with Gasteiger partial charge in [0.25, 0.3) is 11.8 Å². The lowest BCUT2D eigenvalue weighted by atomic mass is 10.1. The van der Waals surface area contributed by atoms with E-state index < -0.39 is 11.8 Å². The number of nitrogens with one attached hydrogen (secondary N) is 3. The van der Waals surface area contributed by atoms with Gasteiger partial charge in [0.15, 0.2) is 11.5 Å². The molecule has 0 bridgehead atoms. The first kappa shape index (κ1) is 31.7. The number of anilines is 2. The number of carbonyl (C=O) groups excluding carboxylic acids is 3. The Kier molecular flexibility index (Phi) is 11.4. The molecular weight excluding hydrogens is 578 g/mol. The first-order valence-electron chi connectivity index (χ1n) is 13.8. The van der Waals surface area contributed by atoms with Crippen molar-refractivity contribution in [1.29, 1.82) is 0 Å². The van der Waals surface area contributed by atoms with E-state index in [2.05, 4.69) is 16.0 Å². The summed E-state index contributed by atoms with van der Waals surface area (Å²) in [6.45, 7) is 2.38. The Morgan fingerprint density at radius 2 is 1.48 bits per heavy atom. The predicted molar refractivity (Wildman–Crippen MR) is 173 cm³/mol. The molecule has 4 aromatic rings. The Balaban J connectivity index is 1.44. The van der Waals surface area contributed by atoms with E-state index in [-0.39, 0.29) is 17.4 Å². The number of thioether (sulfide) groups is 1. The summed E-state index contributed by atoms with van der Waals surface area (Å²) >= 11 is 1.36. The quantitative estimate of drug-likeness (QED) is 0.121. The van der Waals surface area contributed by atoms with Gasteiger partial charge in [-0.3, -0.25) is 14.4 Å². The van der Waals surface area contributed by atoms with Gasteiger partial charge >= 0.3 is 0 Å². The Labute approximate surface area is 260 Å². The summed E-state index contributed by atoms with van der Waals surface area (Å²) in [5.74, 6) is 0.714. The van der Waals surface area contributed by atoms with Crippen molar-refractivity contribution in [2.75, 3.05) is 37.2 Å². The summed E-state index contributed by atoms with van der Waals surface area (Å²) in [5.41, 5.74) is 2.20. The molecule has 0 fully saturated rings. The minimum atomic E-state index is -0.517. The number of amides is 3. The molecule has 0 radical (unpaired) electrons. The third-order valence-corrected chi connectivity index (χ3v) is 7.20. The molecule has 4 rings (SSSR count). The van der Waals surface area contributed by atoms with Gasteiger partial charge in [0.05, 0.1) is 32.3 Å². The largest absolute Gasteiger partial charge is 0.493 e. The zero-order valence-electron chi connectivity index (χ0n) is 24.6. The Morgan fingerprint density at radius 1 is 0.773 bits per heavy atom. The number of rotatable bonds is 13. The molecule has 0 aromatic heterocycles. The van der Waals surface area contributed by atoms with Crippen molar-refractivity contribution in [1.82, 2.24) is 5.32 Å². The molecule has 0 aliphatic rings. The van der Waals surface area contributed by atoms with Crippen molar-refractivity contribution in [2.24, 2.45) is 0 Å². The van der Waals surface area contributed by atoms with Crippen LogP contribution in [0.5, 0.6) is 17.2 Å². The average molecular weight is 612 g/mol. The van der Waals surface area contributed by atoms with Gasteiger partial charge < -0.3 is 30.2 Å². The van der Waals surface area contributed by atoms with Crippen LogP contribution in [0.25, 0.3) is 6.08 Å². The van der Waals surface area contributed by atoms with Crippen LogP contribution in [0.1, 0.15) is 22.8 Å². The Morgan fingerprint density at radius 3 is 2.18 bits per heavy atom. The summed E-state index contributed by atoms with van der Waals surface area (Å²) in [5, 5.41) is 8.44. The second kappa shape index (κ2) is 15.9. The van der Waals surface area contributed by atoms with Gasteiger partial charge in [0.1, 0.15) is 11.4 Å². The zero-order valence-corrected chi connectivity index (χ0v) is 25.4. The first-order valence-corrected chi connectivity index (χ1v) is 14.7. The number of hydrogen-bond donors (Lipinski definition) is 3. The lowest BCUT2D eigenvalue weighted by Gasteiger charge is -2.13. The molecule has 4 aromatic carbocycles. The lowest BCUT2D eigenvalue weighted by molar-refractivity contribution is -0.114. The van der Waals surface area contributed by atoms with Crippen molar-refractivity contribution < 1.29 is 28.6 Å². The van der Waals surface area contributed by atoms with Crippen LogP contribution >= 0.6 is 11.8 Å². The molecule has 10 heteroatoms. The third kappa shape index (κ3) is 8.89. The summed E-state index contributed by atoms with van der Waals surface area (Å²) in [6, 6.07) is 28.2. The van der Waals surface area contributed by atoms with Crippen LogP contribution in [0, 0.1) is 0 Å². The number of methoxy groups -OCH3 is 2. The number of hydrogen-bond acceptors (Lipinski definition) is 7. The third-order valence-electron chi connectivity index (χ3n) is 6.19. The van der Waals surface area contributed by atoms with Gasteiger partial charge in [-0.2, -0.15) is 0 Å². The molecule has 0 spiro atoms. The lowest BCUT2D eigenvalue weighted by Crippen LogP contribution is -2.30. The highest BCUT2D eigenvalue weighted by Gasteiger charge is 2.16. The smallest absolute Gasteiger partial charge is 0.272 e. The summed E-state index contributed by atoms with van der Waals surface area (Å²) in [4.78, 5) is 39.7. The van der Waals surface area contributed by atoms with Crippen molar-refractivity contribution in [3.63, 3.8) is 0 Å². The molecule has 0 saturated heterocycles. The normalized spacial score (nSPS) is 10.8. The highest BCUT2D eigenvalue weighted by Crippen LogP contribution is 2.29. The van der Waals surface area contributed by atoms with Crippen molar-refractivity contribution in [2.45, 2.75) is 11.8 Å². The zero-order chi connectivity index (χ0) is 31.3. The topological polar surface area (TPSA) is 115 Å². The maximum absolute atomic E-state index is 13.4. The van der Waals surface area contributed by atoms with Crippen LogP contribution in [0.3, 0.4) is 0 Å². The van der Waals surface area contributed by atoms with Crippen LogP contribution in [-0.2, 0) is 9.59 Å². The molecule has 0 atom stereocenters. The van der Waals surface area contributed by atoms with Gasteiger partial charge in [-0.25, -0.2) is 0 Å². The van der Waals surface area contributed by atoms with E-state index in [1.165, 1.54) is 26.0 Å². The number of ether oxygens (including phenoxy) is 3. The molecule has 0 aliphatic carbocycles. The van der Waals surface area contributed by atoms with Crippen LogP contribution < -0.4 is 30.2 Å². The van der Waals surface area contributed by atoms with Crippen LogP contribution in [0.2, 0.25) is 0 Å². The molecule has 0 heterocycles. The first-order chi connectivity index (χ1) is 21.4. The number of carbonyl (C=O) groups is 3. The predicted octanol–water partition coefficient (Wildman–Crippen LogP) is 6.24. The maximum atomic E-state index is 13.4. The monoisotopic (exact) mass is 611 g/mol. The summed E-state index contributed by atoms with van der Waals surface area (Å²) < 4.78 is 16.2. The fourth-order valence-electron chi connectivity index (χ4n) is 4.07. The van der Waals surface area contributed by atoms with Crippen LogP contribution in [0.15, 0.2) is 108 Å². The van der Waals surface area contributed by atoms with E-state index in [9.17, 15) is 14.4 Å². The van der Waals surface area contributed by atoms with E-state index in [1.54, 1.807) is 78.9 Å². The number of para-hydroxylation sites is 2. The van der Waals surface area contributed by atoms with Gasteiger partial charge in [0, 0.05) is 16.1 Å². The van der Waals surface area contributed by atoms with Crippen molar-refractivity contribution in [3.05, 3.63) is 114 Å². The fourth-order valence-corrected chi connectivity index (χ4v) is 4.77. The van der Waals surface area contributed by atoms with Crippen LogP contribution in [0.4, 0.5) is 11.4 Å². The van der Waals surface area contributed by atoms with Gasteiger partial charge in [-0.05, 0) is 79.2 Å². The van der Waals surface area contributed by atoms with E-state index in [0.717, 1.165) is 4.90 Å². The maximum Gasteiger partial charge on any atom is 0.272 e. The highest BCUT2D eigenvalue weighted by molar-refractivity contribution is 8.00. The van der Waals surface area contributed by atoms with E-state index in [1.807, 2.05) is 31.2 Å². The molecule has 3 amide bonds. The SMILES string of the molecule is CCOc1ccccc1NC(=O)CSc1ccc(NC(=O)/C(=C/c2ccc(OC)c(OC)c2)NC(=O)c2ccccc2)cc1. The molecule has 226 valence electrons. The molecule has 0 saturated carbocycles. The summed E-state index contributed by atoms with van der Waals surface area (Å²) in [6.07, 6.45) is 1.56. The van der Waals surface area contributed by atoms with E-state index in [4.69, 9.17) is 14.2 Å².